The number of methoxy groups -OCH3 is 3. The Bertz CT molecular complexity index is 1410. The van der Waals surface area contributed by atoms with Gasteiger partial charge >= 0.3 is 6.16 Å². The molecule has 0 aliphatic heterocycles. The first kappa shape index (κ1) is 28.0. The van der Waals surface area contributed by atoms with Crippen molar-refractivity contribution in [1.82, 2.24) is 5.43 Å². The highest BCUT2D eigenvalue weighted by atomic mass is 32.2. The first-order valence-corrected chi connectivity index (χ1v) is 12.6. The molecule has 0 aliphatic rings. The Morgan fingerprint density at radius 3 is 2.21 bits per heavy atom. The molecule has 3 aromatic rings. The van der Waals surface area contributed by atoms with E-state index in [9.17, 15) is 18.0 Å². The van der Waals surface area contributed by atoms with Crippen LogP contribution in [0.4, 0.5) is 10.5 Å². The van der Waals surface area contributed by atoms with Crippen molar-refractivity contribution in [3.63, 3.8) is 0 Å². The number of hydrazone groups is 1. The smallest absolute Gasteiger partial charge is 0.497 e. The number of aryl methyl sites for hydroxylation is 1. The van der Waals surface area contributed by atoms with E-state index in [1.165, 1.54) is 51.8 Å². The summed E-state index contributed by atoms with van der Waals surface area (Å²) in [5.41, 5.74) is 4.02. The Labute approximate surface area is 220 Å². The summed E-state index contributed by atoms with van der Waals surface area (Å²) in [4.78, 5) is 24.1. The summed E-state index contributed by atoms with van der Waals surface area (Å²) >= 11 is 0. The van der Waals surface area contributed by atoms with Gasteiger partial charge in [-0.3, -0.25) is 9.10 Å². The van der Waals surface area contributed by atoms with Crippen LogP contribution in [0.1, 0.15) is 11.1 Å². The van der Waals surface area contributed by atoms with E-state index >= 15 is 0 Å². The molecule has 3 rings (SSSR count). The number of amides is 1. The summed E-state index contributed by atoms with van der Waals surface area (Å²) in [6.45, 7) is 1.31. The number of hydrogen-bond donors (Lipinski definition) is 1. The van der Waals surface area contributed by atoms with Crippen molar-refractivity contribution in [3.8, 4) is 17.2 Å². The summed E-state index contributed by atoms with van der Waals surface area (Å²) in [6, 6.07) is 17.2. The molecule has 11 nitrogen and oxygen atoms in total. The molecule has 0 saturated heterocycles. The van der Waals surface area contributed by atoms with Crippen molar-refractivity contribution in [1.29, 1.82) is 0 Å². The van der Waals surface area contributed by atoms with Crippen LogP contribution in [0.2, 0.25) is 0 Å². The second-order valence-electron chi connectivity index (χ2n) is 7.78. The maximum Gasteiger partial charge on any atom is 0.513 e. The molecule has 0 heterocycles. The van der Waals surface area contributed by atoms with Crippen LogP contribution in [0.25, 0.3) is 0 Å². The van der Waals surface area contributed by atoms with Gasteiger partial charge < -0.3 is 18.9 Å². The third-order valence-electron chi connectivity index (χ3n) is 5.21. The predicted octanol–water partition coefficient (Wildman–Crippen LogP) is 3.50. The number of ether oxygens (including phenoxy) is 4. The molecule has 0 saturated carbocycles. The Kier molecular flexibility index (Phi) is 9.28. The Balaban J connectivity index is 1.79. The highest BCUT2D eigenvalue weighted by Gasteiger charge is 2.27. The Morgan fingerprint density at radius 2 is 1.61 bits per heavy atom. The van der Waals surface area contributed by atoms with Crippen molar-refractivity contribution in [2.45, 2.75) is 11.8 Å². The molecular formula is C26H27N3O8S. The number of rotatable bonds is 10. The largest absolute Gasteiger partial charge is 0.513 e. The van der Waals surface area contributed by atoms with Crippen LogP contribution in [-0.4, -0.2) is 54.6 Å². The summed E-state index contributed by atoms with van der Waals surface area (Å²) in [5, 5.41) is 3.91. The summed E-state index contributed by atoms with van der Waals surface area (Å²) in [7, 11) is -0.00638. The lowest BCUT2D eigenvalue weighted by atomic mass is 10.2. The van der Waals surface area contributed by atoms with Crippen LogP contribution in [0, 0.1) is 6.92 Å². The zero-order chi connectivity index (χ0) is 27.7. The molecule has 0 fully saturated rings. The first-order valence-electron chi connectivity index (χ1n) is 11.2. The van der Waals surface area contributed by atoms with E-state index in [4.69, 9.17) is 14.2 Å². The molecule has 0 atom stereocenters. The number of nitrogens with one attached hydrogen (secondary N) is 1. The van der Waals surface area contributed by atoms with Crippen LogP contribution in [0.5, 0.6) is 17.2 Å². The topological polar surface area (TPSA) is 133 Å². The molecule has 0 spiro atoms. The third kappa shape index (κ3) is 7.01. The second-order valence-corrected chi connectivity index (χ2v) is 9.64. The van der Waals surface area contributed by atoms with Crippen LogP contribution < -0.4 is 23.9 Å². The van der Waals surface area contributed by atoms with Gasteiger partial charge in [0.05, 0.1) is 38.1 Å². The quantitative estimate of drug-likeness (QED) is 0.178. The van der Waals surface area contributed by atoms with E-state index in [0.29, 0.717) is 11.3 Å². The highest BCUT2D eigenvalue weighted by Crippen LogP contribution is 2.28. The zero-order valence-electron chi connectivity index (χ0n) is 21.2. The average molecular weight is 542 g/mol. The number of hydrogen-bond acceptors (Lipinski definition) is 9. The van der Waals surface area contributed by atoms with Gasteiger partial charge in [0.2, 0.25) is 0 Å². The molecule has 0 radical (unpaired) electrons. The standard InChI is InChI=1S/C26H27N3O8S/c1-18-5-12-22(13-6-18)38(32,33)29(20-8-10-21(34-2)11-9-20)17-25(30)28-27-16-19-7-14-23(24(15-19)35-3)37-26(31)36-4/h5-16H,17H2,1-4H3,(H,28,30)/b27-16-. The zero-order valence-corrected chi connectivity index (χ0v) is 22.0. The van der Waals surface area contributed by atoms with Gasteiger partial charge in [-0.2, -0.15) is 5.10 Å². The van der Waals surface area contributed by atoms with Gasteiger partial charge in [0, 0.05) is 0 Å². The van der Waals surface area contributed by atoms with Crippen molar-refractivity contribution in [2.75, 3.05) is 32.2 Å². The van der Waals surface area contributed by atoms with E-state index < -0.39 is 28.6 Å². The fraction of sp³-hybridized carbons (Fsp3) is 0.192. The lowest BCUT2D eigenvalue weighted by Crippen LogP contribution is -2.39. The SMILES string of the molecule is COC(=O)Oc1ccc(/C=N\NC(=O)CN(c2ccc(OC)cc2)S(=O)(=O)c2ccc(C)cc2)cc1OC. The number of sulfonamides is 1. The molecule has 0 aliphatic carbocycles. The second kappa shape index (κ2) is 12.6. The maximum absolute atomic E-state index is 13.4. The van der Waals surface area contributed by atoms with Crippen molar-refractivity contribution < 1.29 is 37.0 Å². The maximum atomic E-state index is 13.4. The summed E-state index contributed by atoms with van der Waals surface area (Å²) < 4.78 is 47.7. The van der Waals surface area contributed by atoms with Crippen LogP contribution in [0.15, 0.2) is 76.7 Å². The lowest BCUT2D eigenvalue weighted by Gasteiger charge is -2.24. The van der Waals surface area contributed by atoms with E-state index in [1.807, 2.05) is 6.92 Å². The van der Waals surface area contributed by atoms with Gasteiger partial charge in [0.25, 0.3) is 15.9 Å². The summed E-state index contributed by atoms with van der Waals surface area (Å²) in [6.07, 6.45) is 0.424. The normalized spacial score (nSPS) is 11.1. The summed E-state index contributed by atoms with van der Waals surface area (Å²) in [5.74, 6) is 0.233. The monoisotopic (exact) mass is 541 g/mol. The third-order valence-corrected chi connectivity index (χ3v) is 7.00. The van der Waals surface area contributed by atoms with Gasteiger partial charge in [-0.25, -0.2) is 18.6 Å². The minimum absolute atomic E-state index is 0.0385. The highest BCUT2D eigenvalue weighted by molar-refractivity contribution is 7.92. The minimum atomic E-state index is -4.08. The fourth-order valence-corrected chi connectivity index (χ4v) is 4.65. The Morgan fingerprint density at radius 1 is 0.921 bits per heavy atom. The lowest BCUT2D eigenvalue weighted by molar-refractivity contribution is -0.119. The number of benzene rings is 3. The number of anilines is 1. The predicted molar refractivity (Wildman–Crippen MR) is 140 cm³/mol. The van der Waals surface area contributed by atoms with Crippen molar-refractivity contribution >= 4 is 34.0 Å². The molecule has 38 heavy (non-hydrogen) atoms. The minimum Gasteiger partial charge on any atom is -0.497 e. The Hall–Kier alpha value is -4.58. The van der Waals surface area contributed by atoms with E-state index in [-0.39, 0.29) is 22.1 Å². The molecular weight excluding hydrogens is 514 g/mol. The first-order chi connectivity index (χ1) is 18.2. The van der Waals surface area contributed by atoms with Gasteiger partial charge in [0.1, 0.15) is 12.3 Å². The van der Waals surface area contributed by atoms with Gasteiger partial charge in [0.15, 0.2) is 11.5 Å². The van der Waals surface area contributed by atoms with Crippen LogP contribution in [-0.2, 0) is 19.6 Å². The molecule has 0 aromatic heterocycles. The molecule has 0 unspecified atom stereocenters. The van der Waals surface area contributed by atoms with Crippen LogP contribution >= 0.6 is 0 Å². The van der Waals surface area contributed by atoms with E-state index in [0.717, 1.165) is 9.87 Å². The number of carbonyl (C=O) groups is 2. The fourth-order valence-electron chi connectivity index (χ4n) is 3.23. The molecule has 1 amide bonds. The van der Waals surface area contributed by atoms with Gasteiger partial charge in [-0.05, 0) is 67.1 Å². The molecule has 12 heteroatoms. The molecule has 3 aromatic carbocycles. The molecule has 1 N–H and O–H groups in total. The molecule has 200 valence electrons. The van der Waals surface area contributed by atoms with E-state index in [2.05, 4.69) is 15.3 Å². The van der Waals surface area contributed by atoms with E-state index in [1.54, 1.807) is 42.5 Å². The van der Waals surface area contributed by atoms with Crippen LogP contribution in [0.3, 0.4) is 0 Å². The van der Waals surface area contributed by atoms with Crippen molar-refractivity contribution in [3.05, 3.63) is 77.9 Å². The van der Waals surface area contributed by atoms with Gasteiger partial charge in [-0.15, -0.1) is 0 Å². The number of carbonyl (C=O) groups excluding carboxylic acids is 2. The van der Waals surface area contributed by atoms with Gasteiger partial charge in [-0.1, -0.05) is 17.7 Å². The average Bonchev–Trinajstić information content (AvgIpc) is 2.92. The molecule has 0 bridgehead atoms. The number of nitrogens with zero attached hydrogens (tertiary/aromatic N) is 2. The van der Waals surface area contributed by atoms with Crippen molar-refractivity contribution in [2.24, 2.45) is 5.10 Å².